The molecule has 0 unspecified atom stereocenters. The molecular weight excluding hydrogens is 386 g/mol. The molecule has 0 spiro atoms. The minimum atomic E-state index is -0.729. The Morgan fingerprint density at radius 1 is 1.03 bits per heavy atom. The number of nitro groups is 1. The van der Waals surface area contributed by atoms with Crippen LogP contribution in [0.4, 0.5) is 5.69 Å². The van der Waals surface area contributed by atoms with E-state index in [4.69, 9.17) is 4.74 Å². The van der Waals surface area contributed by atoms with Crippen LogP contribution in [0, 0.1) is 10.1 Å². The number of ketones is 1. The van der Waals surface area contributed by atoms with Gasteiger partial charge in [-0.05, 0) is 6.07 Å². The van der Waals surface area contributed by atoms with Crippen molar-refractivity contribution in [2.75, 3.05) is 7.11 Å². The Kier molecular flexibility index (Phi) is 6.29. The topological polar surface area (TPSA) is 114 Å². The van der Waals surface area contributed by atoms with Crippen LogP contribution in [0.5, 0.6) is 11.5 Å². The number of hydrogen-bond donors (Lipinski definition) is 1. The highest BCUT2D eigenvalue weighted by Gasteiger charge is 2.19. The maximum absolute atomic E-state index is 12.9. The van der Waals surface area contributed by atoms with E-state index in [1.54, 1.807) is 54.6 Å². The highest BCUT2D eigenvalue weighted by atomic mass is 16.6. The lowest BCUT2D eigenvalue weighted by molar-refractivity contribution is -0.386. The molecule has 8 heteroatoms. The summed E-state index contributed by atoms with van der Waals surface area (Å²) in [4.78, 5) is 23.3. The van der Waals surface area contributed by atoms with E-state index in [2.05, 4.69) is 10.2 Å². The fourth-order valence-electron chi connectivity index (χ4n) is 2.69. The molecule has 0 radical (unpaired) electrons. The third kappa shape index (κ3) is 4.56. The van der Waals surface area contributed by atoms with E-state index in [0.717, 1.165) is 6.07 Å². The molecule has 3 aromatic rings. The molecule has 0 aromatic heterocycles. The van der Waals surface area contributed by atoms with Gasteiger partial charge >= 0.3 is 5.69 Å². The van der Waals surface area contributed by atoms with Crippen LogP contribution < -0.4 is 4.74 Å². The number of nitrogens with zero attached hydrogens (tertiary/aromatic N) is 3. The van der Waals surface area contributed by atoms with Crippen molar-refractivity contribution in [2.45, 2.75) is 0 Å². The maximum Gasteiger partial charge on any atom is 0.315 e. The lowest BCUT2D eigenvalue weighted by Crippen LogP contribution is -2.15. The molecule has 0 amide bonds. The maximum atomic E-state index is 12.9. The highest BCUT2D eigenvalue weighted by molar-refractivity contribution is 6.51. The second kappa shape index (κ2) is 9.24. The van der Waals surface area contributed by atoms with E-state index < -0.39 is 16.4 Å². The number of methoxy groups -OCH3 is 1. The molecule has 0 aliphatic carbocycles. The predicted molar refractivity (Wildman–Crippen MR) is 113 cm³/mol. The Hall–Kier alpha value is -4.33. The summed E-state index contributed by atoms with van der Waals surface area (Å²) in [5, 5.41) is 29.0. The van der Waals surface area contributed by atoms with Crippen molar-refractivity contribution in [1.82, 2.24) is 0 Å². The number of ether oxygens (including phenoxy) is 1. The van der Waals surface area contributed by atoms with Gasteiger partial charge in [0.05, 0.1) is 18.2 Å². The number of phenols is 1. The molecule has 0 saturated carbocycles. The SMILES string of the molecule is COc1cc(/C=N/N=C(\C(=O)c2ccccc2)c2ccccc2)cc([N+](=O)[O-])c1O. The number of phenolic OH excluding ortho intramolecular Hbond substituents is 1. The van der Waals surface area contributed by atoms with Crippen molar-refractivity contribution in [3.63, 3.8) is 0 Å². The van der Waals surface area contributed by atoms with E-state index in [-0.39, 0.29) is 22.8 Å². The molecule has 0 bridgehead atoms. The van der Waals surface area contributed by atoms with Crippen LogP contribution in [-0.4, -0.2) is 34.8 Å². The van der Waals surface area contributed by atoms with Crippen molar-refractivity contribution in [3.05, 3.63) is 99.6 Å². The first-order valence-corrected chi connectivity index (χ1v) is 8.83. The number of nitro benzene ring substituents is 1. The Bertz CT molecular complexity index is 1130. The summed E-state index contributed by atoms with van der Waals surface area (Å²) in [6.45, 7) is 0. The summed E-state index contributed by atoms with van der Waals surface area (Å²) in [7, 11) is 1.28. The van der Waals surface area contributed by atoms with Gasteiger partial charge in [0.2, 0.25) is 11.5 Å². The van der Waals surface area contributed by atoms with E-state index in [1.807, 2.05) is 6.07 Å². The molecule has 0 fully saturated rings. The quantitative estimate of drug-likeness (QED) is 0.277. The van der Waals surface area contributed by atoms with Gasteiger partial charge < -0.3 is 9.84 Å². The monoisotopic (exact) mass is 403 g/mol. The second-order valence-corrected chi connectivity index (χ2v) is 6.10. The molecule has 1 N–H and O–H groups in total. The smallest absolute Gasteiger partial charge is 0.315 e. The zero-order valence-electron chi connectivity index (χ0n) is 15.9. The fourth-order valence-corrected chi connectivity index (χ4v) is 2.69. The van der Waals surface area contributed by atoms with Crippen molar-refractivity contribution < 1.29 is 19.6 Å². The Morgan fingerprint density at radius 3 is 2.20 bits per heavy atom. The molecule has 0 atom stereocenters. The molecule has 3 rings (SSSR count). The van der Waals surface area contributed by atoms with Gasteiger partial charge in [0.1, 0.15) is 5.71 Å². The van der Waals surface area contributed by atoms with Crippen molar-refractivity contribution >= 4 is 23.4 Å². The molecule has 8 nitrogen and oxygen atoms in total. The molecule has 0 heterocycles. The molecule has 150 valence electrons. The summed E-state index contributed by atoms with van der Waals surface area (Å²) in [6, 6.07) is 20.0. The third-order valence-corrected chi connectivity index (χ3v) is 4.16. The van der Waals surface area contributed by atoms with Crippen LogP contribution in [-0.2, 0) is 0 Å². The molecule has 3 aromatic carbocycles. The molecule has 0 aliphatic rings. The van der Waals surface area contributed by atoms with Crippen LogP contribution in [0.2, 0.25) is 0 Å². The largest absolute Gasteiger partial charge is 0.500 e. The number of rotatable bonds is 7. The third-order valence-electron chi connectivity index (χ3n) is 4.16. The number of hydrogen-bond acceptors (Lipinski definition) is 7. The number of carbonyl (C=O) groups excluding carboxylic acids is 1. The van der Waals surface area contributed by atoms with Crippen LogP contribution in [0.15, 0.2) is 83.0 Å². The van der Waals surface area contributed by atoms with E-state index in [0.29, 0.717) is 11.1 Å². The average Bonchev–Trinajstić information content (AvgIpc) is 2.78. The Labute approximate surface area is 171 Å². The van der Waals surface area contributed by atoms with Gasteiger partial charge in [-0.25, -0.2) is 0 Å². The normalized spacial score (nSPS) is 11.4. The Morgan fingerprint density at radius 2 is 1.63 bits per heavy atom. The minimum Gasteiger partial charge on any atom is -0.500 e. The molecule has 0 aliphatic heterocycles. The van der Waals surface area contributed by atoms with Crippen LogP contribution in [0.1, 0.15) is 21.5 Å². The zero-order valence-corrected chi connectivity index (χ0v) is 15.9. The molecular formula is C22H17N3O5. The van der Waals surface area contributed by atoms with Gasteiger partial charge in [0.25, 0.3) is 0 Å². The first kappa shape index (κ1) is 20.4. The predicted octanol–water partition coefficient (Wildman–Crippen LogP) is 4.02. The zero-order chi connectivity index (χ0) is 21.5. The summed E-state index contributed by atoms with van der Waals surface area (Å²) in [6.07, 6.45) is 1.25. The molecule has 30 heavy (non-hydrogen) atoms. The lowest BCUT2D eigenvalue weighted by atomic mass is 10.0. The number of benzene rings is 3. The van der Waals surface area contributed by atoms with Crippen molar-refractivity contribution in [1.29, 1.82) is 0 Å². The van der Waals surface area contributed by atoms with Gasteiger partial charge in [-0.15, -0.1) is 5.10 Å². The van der Waals surface area contributed by atoms with Gasteiger partial charge in [-0.1, -0.05) is 60.7 Å². The van der Waals surface area contributed by atoms with Gasteiger partial charge in [-0.2, -0.15) is 5.10 Å². The number of carbonyl (C=O) groups is 1. The highest BCUT2D eigenvalue weighted by Crippen LogP contribution is 2.36. The van der Waals surface area contributed by atoms with Crippen molar-refractivity contribution in [2.24, 2.45) is 10.2 Å². The summed E-state index contributed by atoms with van der Waals surface area (Å²) in [5.74, 6) is -0.959. The van der Waals surface area contributed by atoms with E-state index in [1.165, 1.54) is 19.4 Å². The van der Waals surface area contributed by atoms with Gasteiger partial charge in [0.15, 0.2) is 5.75 Å². The van der Waals surface area contributed by atoms with Crippen molar-refractivity contribution in [3.8, 4) is 11.5 Å². The van der Waals surface area contributed by atoms with Gasteiger partial charge in [0, 0.05) is 22.8 Å². The second-order valence-electron chi connectivity index (χ2n) is 6.10. The lowest BCUT2D eigenvalue weighted by Gasteiger charge is -2.05. The standard InChI is InChI=1S/C22H17N3O5/c1-30-19-13-15(12-18(22(19)27)25(28)29)14-23-24-20(16-8-4-2-5-9-16)21(26)17-10-6-3-7-11-17/h2-14,27H,1H3/b23-14+,24-20-. The first-order valence-electron chi connectivity index (χ1n) is 8.83. The number of aromatic hydroxyl groups is 1. The Balaban J connectivity index is 2.01. The molecule has 0 saturated heterocycles. The van der Waals surface area contributed by atoms with Crippen LogP contribution in [0.25, 0.3) is 0 Å². The van der Waals surface area contributed by atoms with Crippen LogP contribution >= 0.6 is 0 Å². The van der Waals surface area contributed by atoms with Gasteiger partial charge in [-0.3, -0.25) is 14.9 Å². The number of Topliss-reactive ketones (excluding diaryl/α,β-unsaturated/α-hetero) is 1. The summed E-state index contributed by atoms with van der Waals surface area (Å²) < 4.78 is 4.96. The first-order chi connectivity index (χ1) is 14.5. The summed E-state index contributed by atoms with van der Waals surface area (Å²) in [5.41, 5.74) is 0.913. The van der Waals surface area contributed by atoms with E-state index >= 15 is 0 Å². The van der Waals surface area contributed by atoms with Crippen LogP contribution in [0.3, 0.4) is 0 Å². The minimum absolute atomic E-state index is 0.0710. The summed E-state index contributed by atoms with van der Waals surface area (Å²) >= 11 is 0. The average molecular weight is 403 g/mol. The fraction of sp³-hybridized carbons (Fsp3) is 0.0455. The van der Waals surface area contributed by atoms with E-state index in [9.17, 15) is 20.0 Å².